The van der Waals surface area contributed by atoms with Crippen molar-refractivity contribution in [2.45, 2.75) is 70.9 Å². The Morgan fingerprint density at radius 2 is 1.80 bits per heavy atom. The lowest BCUT2D eigenvalue weighted by Gasteiger charge is -2.29. The van der Waals surface area contributed by atoms with Gasteiger partial charge in [-0.05, 0) is 36.0 Å². The number of aliphatic hydroxyl groups excluding tert-OH is 1. The van der Waals surface area contributed by atoms with Gasteiger partial charge >= 0.3 is 0 Å². The van der Waals surface area contributed by atoms with Gasteiger partial charge in [0.05, 0.1) is 5.69 Å². The average Bonchev–Trinajstić information content (AvgIpc) is 3.87. The van der Waals surface area contributed by atoms with E-state index < -0.39 is 41.6 Å². The number of rotatable bonds is 6. The summed E-state index contributed by atoms with van der Waals surface area (Å²) in [5.74, 6) is 0.153. The first-order valence-electron chi connectivity index (χ1n) is 17.0. The summed E-state index contributed by atoms with van der Waals surface area (Å²) in [6, 6.07) is 20.5. The minimum absolute atomic E-state index is 0.162. The minimum Gasteiger partial charge on any atom is -0.469 e. The number of fused-ring (bicyclic) bond motifs is 4. The number of aryl methyl sites for hydroxylation is 1. The Kier molecular flexibility index (Phi) is 7.56. The normalized spacial score (nSPS) is 22.5. The Labute approximate surface area is 289 Å². The van der Waals surface area contributed by atoms with E-state index in [0.29, 0.717) is 22.9 Å². The van der Waals surface area contributed by atoms with Gasteiger partial charge in [0.1, 0.15) is 35.6 Å². The van der Waals surface area contributed by atoms with E-state index in [9.17, 15) is 14.7 Å². The fourth-order valence-electron chi connectivity index (χ4n) is 7.40. The quantitative estimate of drug-likeness (QED) is 0.179. The van der Waals surface area contributed by atoms with E-state index in [4.69, 9.17) is 18.6 Å². The fraction of sp³-hybridized carbons (Fsp3) is 0.333. The molecule has 0 fully saturated rings. The number of hydrogen-bond acceptors (Lipinski definition) is 9. The standard InChI is InChI=1S/C39H39N5O6/c1-19(2)29-37-43-31(36-40-21(5)18-48-36)33(50-37)39-25-13-9-12-24(23-10-7-6-8-11-23)30(25)44-38(39)49-28-15-14-22(16-26(28)39)17-27(34(46)42-29)41-35(47)32(45)20(3)4/h6-16,18-20,27,29,32,38,44-45H,17H2,1-5H3,(H,41,47)(H,42,46)/t27-,29?,32-,38?,39?/m0/s1. The summed E-state index contributed by atoms with van der Waals surface area (Å²) in [4.78, 5) is 36.9. The summed E-state index contributed by atoms with van der Waals surface area (Å²) < 4.78 is 19.7. The van der Waals surface area contributed by atoms with Crippen LogP contribution in [0, 0.1) is 18.8 Å². The zero-order chi connectivity index (χ0) is 34.9. The smallest absolute Gasteiger partial charge is 0.249 e. The second-order valence-electron chi connectivity index (χ2n) is 14.1. The molecule has 0 radical (unpaired) electrons. The molecule has 11 nitrogen and oxygen atoms in total. The van der Waals surface area contributed by atoms with Crippen LogP contribution in [-0.4, -0.2) is 45.3 Å². The SMILES string of the molecule is Cc1coc(-c2nc3oc2C24c5cc(ccc5OC2Nc2c(-c5ccccc5)cccc24)C[C@H](NC(=O)[C@@H](O)C(C)C)C(=O)NC3C(C)C)n1. The maximum atomic E-state index is 14.1. The molecule has 2 aromatic heterocycles. The summed E-state index contributed by atoms with van der Waals surface area (Å²) in [6.45, 7) is 9.27. The predicted molar refractivity (Wildman–Crippen MR) is 185 cm³/mol. The van der Waals surface area contributed by atoms with Gasteiger partial charge < -0.3 is 34.6 Å². The summed E-state index contributed by atoms with van der Waals surface area (Å²) >= 11 is 0. The van der Waals surface area contributed by atoms with E-state index in [1.165, 1.54) is 0 Å². The van der Waals surface area contributed by atoms with Crippen LogP contribution in [-0.2, 0) is 21.4 Å². The second-order valence-corrected chi connectivity index (χ2v) is 14.1. The molecule has 3 aromatic carbocycles. The predicted octanol–water partition coefficient (Wildman–Crippen LogP) is 5.65. The molecule has 3 aliphatic rings. The summed E-state index contributed by atoms with van der Waals surface area (Å²) in [6.07, 6.45) is -0.162. The molecule has 5 heterocycles. The number of anilines is 1. The molecular formula is C39H39N5O6. The lowest BCUT2D eigenvalue weighted by atomic mass is 9.72. The van der Waals surface area contributed by atoms with Crippen molar-refractivity contribution in [1.29, 1.82) is 0 Å². The highest BCUT2D eigenvalue weighted by molar-refractivity contribution is 5.90. The van der Waals surface area contributed by atoms with E-state index in [1.807, 2.05) is 63.2 Å². The van der Waals surface area contributed by atoms with Crippen LogP contribution in [0.4, 0.5) is 5.69 Å². The van der Waals surface area contributed by atoms with Crippen LogP contribution >= 0.6 is 0 Å². The van der Waals surface area contributed by atoms with Gasteiger partial charge in [-0.25, -0.2) is 9.97 Å². The van der Waals surface area contributed by atoms with Crippen LogP contribution < -0.4 is 20.7 Å². The molecule has 11 heteroatoms. The lowest BCUT2D eigenvalue weighted by molar-refractivity contribution is -0.135. The zero-order valence-corrected chi connectivity index (χ0v) is 28.5. The van der Waals surface area contributed by atoms with E-state index in [0.717, 1.165) is 33.5 Å². The molecule has 4 bridgehead atoms. The number of carbonyl (C=O) groups is 2. The Balaban J connectivity index is 1.40. The highest BCUT2D eigenvalue weighted by Crippen LogP contribution is 2.60. The second kappa shape index (κ2) is 11.9. The molecule has 2 amide bonds. The van der Waals surface area contributed by atoms with E-state index in [1.54, 1.807) is 20.1 Å². The monoisotopic (exact) mass is 673 g/mol. The number of aromatic nitrogens is 2. The van der Waals surface area contributed by atoms with Crippen molar-refractivity contribution in [2.75, 3.05) is 5.32 Å². The summed E-state index contributed by atoms with van der Waals surface area (Å²) in [7, 11) is 0. The van der Waals surface area contributed by atoms with Gasteiger partial charge in [-0.3, -0.25) is 9.59 Å². The largest absolute Gasteiger partial charge is 0.469 e. The maximum absolute atomic E-state index is 14.1. The number of benzene rings is 3. The first kappa shape index (κ1) is 31.8. The van der Waals surface area contributed by atoms with Crippen LogP contribution in [0.15, 0.2) is 81.8 Å². The van der Waals surface area contributed by atoms with Crippen molar-refractivity contribution in [3.05, 3.63) is 107 Å². The van der Waals surface area contributed by atoms with Gasteiger partial charge in [0.15, 0.2) is 17.7 Å². The van der Waals surface area contributed by atoms with E-state index in [-0.39, 0.29) is 30.0 Å². The van der Waals surface area contributed by atoms with Gasteiger partial charge in [0.2, 0.25) is 23.6 Å². The van der Waals surface area contributed by atoms with Gasteiger partial charge in [0, 0.05) is 28.8 Å². The Hall–Kier alpha value is -5.42. The lowest BCUT2D eigenvalue weighted by Crippen LogP contribution is -2.52. The first-order valence-corrected chi connectivity index (χ1v) is 17.0. The number of para-hydroxylation sites is 1. The topological polar surface area (TPSA) is 152 Å². The summed E-state index contributed by atoms with van der Waals surface area (Å²) in [5.41, 5.74) is 5.52. The van der Waals surface area contributed by atoms with Crippen LogP contribution in [0.25, 0.3) is 22.7 Å². The van der Waals surface area contributed by atoms with Crippen LogP contribution in [0.5, 0.6) is 5.75 Å². The fourth-order valence-corrected chi connectivity index (χ4v) is 7.40. The third kappa shape index (κ3) is 4.90. The van der Waals surface area contributed by atoms with Crippen molar-refractivity contribution >= 4 is 17.5 Å². The number of nitrogens with one attached hydrogen (secondary N) is 3. The molecule has 5 aromatic rings. The molecule has 0 saturated carbocycles. The zero-order valence-electron chi connectivity index (χ0n) is 28.5. The Bertz CT molecular complexity index is 2120. The van der Waals surface area contributed by atoms with Gasteiger partial charge in [-0.1, -0.05) is 88.4 Å². The number of carbonyl (C=O) groups excluding carboxylic acids is 2. The van der Waals surface area contributed by atoms with Crippen molar-refractivity contribution in [3.8, 4) is 28.5 Å². The number of hydrogen-bond donors (Lipinski definition) is 4. The van der Waals surface area contributed by atoms with Crippen molar-refractivity contribution in [2.24, 2.45) is 11.8 Å². The molecule has 3 aliphatic heterocycles. The molecule has 1 spiro atoms. The third-order valence-corrected chi connectivity index (χ3v) is 9.98. The van der Waals surface area contributed by atoms with Crippen LogP contribution in [0.2, 0.25) is 0 Å². The molecule has 5 atom stereocenters. The Morgan fingerprint density at radius 3 is 2.52 bits per heavy atom. The molecule has 50 heavy (non-hydrogen) atoms. The molecule has 0 aliphatic carbocycles. The highest BCUT2D eigenvalue weighted by atomic mass is 16.5. The number of amides is 2. The highest BCUT2D eigenvalue weighted by Gasteiger charge is 2.61. The number of aliphatic hydroxyl groups is 1. The van der Waals surface area contributed by atoms with Crippen molar-refractivity contribution < 1.29 is 28.3 Å². The summed E-state index contributed by atoms with van der Waals surface area (Å²) in [5, 5.41) is 20.2. The number of oxazole rings is 2. The van der Waals surface area contributed by atoms with Crippen molar-refractivity contribution in [1.82, 2.24) is 20.6 Å². The Morgan fingerprint density at radius 1 is 1.00 bits per heavy atom. The molecule has 8 rings (SSSR count). The number of nitrogens with zero attached hydrogens (tertiary/aromatic N) is 2. The van der Waals surface area contributed by atoms with Gasteiger partial charge in [-0.15, -0.1) is 0 Å². The van der Waals surface area contributed by atoms with Gasteiger partial charge in [0.25, 0.3) is 0 Å². The molecular weight excluding hydrogens is 634 g/mol. The molecule has 0 saturated heterocycles. The molecule has 256 valence electrons. The van der Waals surface area contributed by atoms with E-state index >= 15 is 0 Å². The van der Waals surface area contributed by atoms with Crippen LogP contribution in [0.1, 0.15) is 67.8 Å². The van der Waals surface area contributed by atoms with E-state index in [2.05, 4.69) is 45.2 Å². The maximum Gasteiger partial charge on any atom is 0.249 e. The minimum atomic E-state index is -1.27. The number of ether oxygens (including phenoxy) is 1. The average molecular weight is 674 g/mol. The molecule has 3 unspecified atom stereocenters. The molecule has 4 N–H and O–H groups in total. The van der Waals surface area contributed by atoms with Crippen LogP contribution in [0.3, 0.4) is 0 Å². The third-order valence-electron chi connectivity index (χ3n) is 9.98. The van der Waals surface area contributed by atoms with Crippen molar-refractivity contribution in [3.63, 3.8) is 0 Å². The van der Waals surface area contributed by atoms with Gasteiger partial charge in [-0.2, -0.15) is 0 Å². The first-order chi connectivity index (χ1) is 24.1.